The molecule has 2 aliphatic heterocycles. The molecule has 38 heavy (non-hydrogen) atoms. The van der Waals surface area contributed by atoms with Crippen LogP contribution in [0.4, 0.5) is 0 Å². The summed E-state index contributed by atoms with van der Waals surface area (Å²) in [5, 5.41) is 0. The van der Waals surface area contributed by atoms with Gasteiger partial charge in [0.15, 0.2) is 17.2 Å². The van der Waals surface area contributed by atoms with Gasteiger partial charge in [-0.25, -0.2) is 4.98 Å². The molecular formula is C28H32N4O6. The summed E-state index contributed by atoms with van der Waals surface area (Å²) in [6.07, 6.45) is 1.42. The van der Waals surface area contributed by atoms with E-state index in [0.717, 1.165) is 28.4 Å². The number of fused-ring (bicyclic) bond motifs is 1. The fourth-order valence-corrected chi connectivity index (χ4v) is 4.64. The van der Waals surface area contributed by atoms with Crippen LogP contribution in [0.3, 0.4) is 0 Å². The molecule has 200 valence electrons. The van der Waals surface area contributed by atoms with E-state index < -0.39 is 0 Å². The van der Waals surface area contributed by atoms with Gasteiger partial charge in [0.25, 0.3) is 5.91 Å². The van der Waals surface area contributed by atoms with Crippen molar-refractivity contribution in [1.82, 2.24) is 19.7 Å². The van der Waals surface area contributed by atoms with Crippen LogP contribution in [0.1, 0.15) is 41.4 Å². The summed E-state index contributed by atoms with van der Waals surface area (Å²) in [6, 6.07) is 13.9. The lowest BCUT2D eigenvalue weighted by atomic mass is 10.1. The highest BCUT2D eigenvalue weighted by Gasteiger charge is 2.26. The molecule has 3 aromatic rings. The fraction of sp³-hybridized carbons (Fsp3) is 0.393. The molecule has 0 unspecified atom stereocenters. The Kier molecular flexibility index (Phi) is 7.78. The van der Waals surface area contributed by atoms with Gasteiger partial charge in [-0.2, -0.15) is 0 Å². The average molecular weight is 521 g/mol. The van der Waals surface area contributed by atoms with Gasteiger partial charge < -0.3 is 28.4 Å². The lowest BCUT2D eigenvalue weighted by Crippen LogP contribution is -2.50. The Morgan fingerprint density at radius 3 is 2.34 bits per heavy atom. The van der Waals surface area contributed by atoms with Gasteiger partial charge in [-0.15, -0.1) is 0 Å². The quantitative estimate of drug-likeness (QED) is 0.424. The van der Waals surface area contributed by atoms with Gasteiger partial charge >= 0.3 is 0 Å². The van der Waals surface area contributed by atoms with Gasteiger partial charge in [-0.05, 0) is 42.3 Å². The summed E-state index contributed by atoms with van der Waals surface area (Å²) >= 11 is 0. The molecule has 1 fully saturated rings. The molecule has 2 amide bonds. The highest BCUT2D eigenvalue weighted by Crippen LogP contribution is 2.33. The first-order valence-corrected chi connectivity index (χ1v) is 12.8. The molecule has 0 bridgehead atoms. The largest absolute Gasteiger partial charge is 0.494 e. The molecule has 0 N–H and O–H groups in total. The Morgan fingerprint density at radius 1 is 0.921 bits per heavy atom. The Labute approximate surface area is 221 Å². The van der Waals surface area contributed by atoms with Crippen LogP contribution >= 0.6 is 0 Å². The number of hydrogen-bond acceptors (Lipinski definition) is 8. The first kappa shape index (κ1) is 25.6. The van der Waals surface area contributed by atoms with Gasteiger partial charge in [-0.1, -0.05) is 18.2 Å². The Hall–Kier alpha value is -4.05. The number of carbonyl (C=O) groups excluding carboxylic acids is 2. The minimum Gasteiger partial charge on any atom is -0.494 e. The molecule has 2 aliphatic rings. The summed E-state index contributed by atoms with van der Waals surface area (Å²) in [5.41, 5.74) is 2.45. The van der Waals surface area contributed by atoms with Gasteiger partial charge in [-0.3, -0.25) is 14.5 Å². The zero-order chi connectivity index (χ0) is 26.5. The molecule has 0 saturated carbocycles. The molecule has 0 spiro atoms. The van der Waals surface area contributed by atoms with Gasteiger partial charge in [0.05, 0.1) is 13.2 Å². The van der Waals surface area contributed by atoms with Crippen molar-refractivity contribution in [2.24, 2.45) is 0 Å². The van der Waals surface area contributed by atoms with E-state index in [-0.39, 0.29) is 24.3 Å². The number of aromatic nitrogens is 1. The summed E-state index contributed by atoms with van der Waals surface area (Å²) in [5.74, 6) is 2.61. The smallest absolute Gasteiger partial charge is 0.275 e. The Morgan fingerprint density at radius 2 is 1.61 bits per heavy atom. The third kappa shape index (κ3) is 6.08. The maximum Gasteiger partial charge on any atom is 0.275 e. The molecule has 0 aliphatic carbocycles. The summed E-state index contributed by atoms with van der Waals surface area (Å²) in [6.45, 7) is 8.03. The van der Waals surface area contributed by atoms with Crippen molar-refractivity contribution in [2.45, 2.75) is 33.5 Å². The molecule has 3 heterocycles. The molecule has 10 heteroatoms. The van der Waals surface area contributed by atoms with Crippen LogP contribution in [0, 0.1) is 0 Å². The van der Waals surface area contributed by atoms with Crippen LogP contribution in [-0.4, -0.2) is 71.1 Å². The second kappa shape index (κ2) is 11.6. The molecule has 0 atom stereocenters. The minimum absolute atomic E-state index is 0.0240. The van der Waals surface area contributed by atoms with Crippen molar-refractivity contribution >= 4 is 11.8 Å². The number of piperazine rings is 1. The van der Waals surface area contributed by atoms with E-state index in [1.807, 2.05) is 49.4 Å². The number of ether oxygens (including phenoxy) is 3. The van der Waals surface area contributed by atoms with Crippen molar-refractivity contribution in [2.75, 3.05) is 39.6 Å². The van der Waals surface area contributed by atoms with Gasteiger partial charge in [0.1, 0.15) is 12.0 Å². The van der Waals surface area contributed by atoms with Crippen molar-refractivity contribution in [1.29, 1.82) is 0 Å². The number of oxazole rings is 1. The number of rotatable bonds is 9. The predicted octanol–water partition coefficient (Wildman–Crippen LogP) is 3.31. The van der Waals surface area contributed by atoms with E-state index >= 15 is 0 Å². The number of nitrogens with zero attached hydrogens (tertiary/aromatic N) is 4. The van der Waals surface area contributed by atoms with Gasteiger partial charge in [0, 0.05) is 46.2 Å². The second-order valence-electron chi connectivity index (χ2n) is 9.33. The first-order valence-electron chi connectivity index (χ1n) is 12.8. The standard InChI is InChI=1S/C28H32N4O6/c1-3-35-23-7-4-21(5-8-23)15-30(16-22-6-9-25-26(14-22)38-19-37-25)17-27-29-24(18-36-27)28(34)32-12-10-31(11-13-32)20(2)33/h4-9,14,18H,3,10-13,15-17,19H2,1-2H3. The summed E-state index contributed by atoms with van der Waals surface area (Å²) < 4.78 is 22.3. The summed E-state index contributed by atoms with van der Waals surface area (Å²) in [7, 11) is 0. The molecule has 1 aromatic heterocycles. The van der Waals surface area contributed by atoms with Crippen molar-refractivity contribution < 1.29 is 28.2 Å². The summed E-state index contributed by atoms with van der Waals surface area (Å²) in [4.78, 5) is 34.7. The second-order valence-corrected chi connectivity index (χ2v) is 9.33. The highest BCUT2D eigenvalue weighted by atomic mass is 16.7. The van der Waals surface area contributed by atoms with E-state index in [1.165, 1.54) is 6.26 Å². The average Bonchev–Trinajstić information content (AvgIpc) is 3.59. The van der Waals surface area contributed by atoms with Crippen LogP contribution in [-0.2, 0) is 24.4 Å². The molecule has 10 nitrogen and oxygen atoms in total. The van der Waals surface area contributed by atoms with Crippen LogP contribution in [0.15, 0.2) is 53.1 Å². The van der Waals surface area contributed by atoms with Gasteiger partial charge in [0.2, 0.25) is 18.6 Å². The monoisotopic (exact) mass is 520 g/mol. The first-order chi connectivity index (χ1) is 18.5. The van der Waals surface area contributed by atoms with Crippen molar-refractivity contribution in [3.63, 3.8) is 0 Å². The van der Waals surface area contributed by atoms with Crippen LogP contribution in [0.5, 0.6) is 17.2 Å². The Bertz CT molecular complexity index is 1270. The number of carbonyl (C=O) groups is 2. The zero-order valence-corrected chi connectivity index (χ0v) is 21.7. The lowest BCUT2D eigenvalue weighted by molar-refractivity contribution is -0.130. The molecule has 5 rings (SSSR count). The third-order valence-electron chi connectivity index (χ3n) is 6.63. The predicted molar refractivity (Wildman–Crippen MR) is 138 cm³/mol. The van der Waals surface area contributed by atoms with E-state index in [2.05, 4.69) is 9.88 Å². The van der Waals surface area contributed by atoms with E-state index in [0.29, 0.717) is 58.3 Å². The fourth-order valence-electron chi connectivity index (χ4n) is 4.64. The van der Waals surface area contributed by atoms with Crippen LogP contribution < -0.4 is 14.2 Å². The molecule has 2 aromatic carbocycles. The third-order valence-corrected chi connectivity index (χ3v) is 6.63. The minimum atomic E-state index is -0.183. The van der Waals surface area contributed by atoms with E-state index in [4.69, 9.17) is 18.6 Å². The zero-order valence-electron chi connectivity index (χ0n) is 21.7. The number of benzene rings is 2. The van der Waals surface area contributed by atoms with Crippen molar-refractivity contribution in [3.8, 4) is 17.2 Å². The number of amides is 2. The molecular weight excluding hydrogens is 488 g/mol. The van der Waals surface area contributed by atoms with Crippen LogP contribution in [0.25, 0.3) is 0 Å². The molecule has 1 saturated heterocycles. The van der Waals surface area contributed by atoms with Crippen LogP contribution in [0.2, 0.25) is 0 Å². The normalized spacial score (nSPS) is 14.7. The Balaban J connectivity index is 1.28. The lowest BCUT2D eigenvalue weighted by Gasteiger charge is -2.33. The topological polar surface area (TPSA) is 97.6 Å². The highest BCUT2D eigenvalue weighted by molar-refractivity contribution is 5.92. The van der Waals surface area contributed by atoms with E-state index in [9.17, 15) is 9.59 Å². The SMILES string of the molecule is CCOc1ccc(CN(Cc2ccc3c(c2)OCO3)Cc2nc(C(=O)N3CCN(C(C)=O)CC3)co2)cc1. The number of hydrogen-bond donors (Lipinski definition) is 0. The molecule has 0 radical (unpaired) electrons. The van der Waals surface area contributed by atoms with Crippen molar-refractivity contribution in [3.05, 3.63) is 71.4 Å². The maximum atomic E-state index is 13.0. The van der Waals surface area contributed by atoms with E-state index in [1.54, 1.807) is 16.7 Å². The maximum absolute atomic E-state index is 13.0.